The van der Waals surface area contributed by atoms with Crippen molar-refractivity contribution in [3.8, 4) is 5.88 Å². The van der Waals surface area contributed by atoms with Crippen molar-refractivity contribution < 1.29 is 75.4 Å². The summed E-state index contributed by atoms with van der Waals surface area (Å²) >= 11 is 8.38. The SMILES string of the molecule is CC(NC(=O)C(NC(=O)CCCCCN1C(=O)C=CC1=O)C(C)C)C(=O)NCC(=O)N1CCC[C@@H]1C(=O)Nc1nc2c(ncn2[C@@H]2O[C@@H]3CO[P@@](=O)(S)O[C@H]4C[C@H](Oc5ccncn5)C[C@@H]4CO[P@@](=O)(S)O[C@@H]2[C@@H]3O)c(=O)[nH]1. The second-order valence-electron chi connectivity index (χ2n) is 19.5. The highest BCUT2D eigenvalue weighted by Crippen LogP contribution is 2.60. The number of likely N-dealkylation sites (tertiary alicyclic amines) is 1. The summed E-state index contributed by atoms with van der Waals surface area (Å²) in [5.41, 5.74) is -1.27. The standard InChI is InChI=1S/C45H60N12O17P2S2/c1-23(2)35(51-30(58)9-5-4-6-14-56-32(59)10-11-33(56)60)42(65)50-24(3)40(63)47-18-34(61)55-15-7-8-27(55)41(64)53-45-52-39-36(43(66)54-45)49-22-57(39)44-38-37(62)29(72-44)20-70-75(67,77)73-28-17-26(71-31-12-13-46-21-48-31)16-25(28)19-69-76(68,78)74-38/h10-13,21-29,35,37-38,44,62H,4-9,14-20H2,1-3H3,(H,47,63)(H,50,65)(H,51,58)(H,67,77)(H,68,78)(H2,52,53,54,64,66)/t24?,25-,26-,27-,28+,29-,35?,37-,38-,44-,75-,76-/m1/s1. The van der Waals surface area contributed by atoms with E-state index in [0.29, 0.717) is 25.7 Å². The molecule has 0 radical (unpaired) electrons. The molecule has 8 rings (SSSR count). The van der Waals surface area contributed by atoms with Crippen LogP contribution in [0.4, 0.5) is 5.95 Å². The van der Waals surface area contributed by atoms with E-state index in [4.69, 9.17) is 27.6 Å². The number of hydrogen-bond donors (Lipinski definition) is 8. The highest BCUT2D eigenvalue weighted by Gasteiger charge is 2.51. The minimum atomic E-state index is -4.38. The molecule has 4 aliphatic heterocycles. The number of unbranched alkanes of at least 4 members (excludes halogenated alkanes) is 2. The van der Waals surface area contributed by atoms with E-state index in [1.807, 2.05) is 0 Å². The summed E-state index contributed by atoms with van der Waals surface area (Å²) in [7, 11) is 0. The van der Waals surface area contributed by atoms with E-state index in [1.54, 1.807) is 19.9 Å². The van der Waals surface area contributed by atoms with Gasteiger partial charge in [0.15, 0.2) is 17.4 Å². The van der Waals surface area contributed by atoms with Crippen molar-refractivity contribution in [3.63, 3.8) is 0 Å². The zero-order valence-electron chi connectivity index (χ0n) is 42.4. The van der Waals surface area contributed by atoms with Crippen LogP contribution in [0.25, 0.3) is 11.2 Å². The number of amides is 7. The van der Waals surface area contributed by atoms with Crippen molar-refractivity contribution in [1.82, 2.24) is 55.2 Å². The highest BCUT2D eigenvalue weighted by atomic mass is 32.7. The molecule has 3 aromatic rings. The van der Waals surface area contributed by atoms with E-state index in [9.17, 15) is 52.6 Å². The number of aromatic amines is 1. The molecular formula is C45H60N12O17P2S2. The zero-order valence-corrected chi connectivity index (χ0v) is 46.0. The van der Waals surface area contributed by atoms with Gasteiger partial charge in [-0.05, 0) is 44.9 Å². The smallest absolute Gasteiger partial charge is 0.386 e. The Hall–Kier alpha value is -5.62. The maximum absolute atomic E-state index is 13.9. The van der Waals surface area contributed by atoms with Gasteiger partial charge >= 0.3 is 13.6 Å². The molecule has 1 aliphatic carbocycles. The van der Waals surface area contributed by atoms with Gasteiger partial charge in [-0.15, -0.1) is 0 Å². The molecule has 2 unspecified atom stereocenters. The second-order valence-corrected chi connectivity index (χ2v) is 25.3. The molecule has 33 heteroatoms. The van der Waals surface area contributed by atoms with Gasteiger partial charge in [0.2, 0.25) is 41.4 Å². The monoisotopic (exact) mass is 1170 g/mol. The Kier molecular flexibility index (Phi) is 18.9. The van der Waals surface area contributed by atoms with Gasteiger partial charge < -0.3 is 40.0 Å². The number of fused-ring (bicyclic) bond motifs is 4. The topological polar surface area (TPSA) is 373 Å². The van der Waals surface area contributed by atoms with Gasteiger partial charge in [0, 0.05) is 56.3 Å². The number of ether oxygens (including phenoxy) is 2. The number of aliphatic hydroxyl groups is 1. The number of rotatable bonds is 18. The summed E-state index contributed by atoms with van der Waals surface area (Å²) in [5, 5.41) is 21.8. The lowest BCUT2D eigenvalue weighted by molar-refractivity contribution is -0.137. The molecule has 4 fully saturated rings. The first-order chi connectivity index (χ1) is 37.1. The van der Waals surface area contributed by atoms with Crippen molar-refractivity contribution in [2.75, 3.05) is 38.2 Å². The Labute approximate surface area is 455 Å². The van der Waals surface area contributed by atoms with Crippen molar-refractivity contribution in [3.05, 3.63) is 47.4 Å². The fourth-order valence-electron chi connectivity index (χ4n) is 9.55. The lowest BCUT2D eigenvalue weighted by atomic mass is 10.0. The van der Waals surface area contributed by atoms with Crippen molar-refractivity contribution >= 4 is 96.6 Å². The van der Waals surface area contributed by atoms with Crippen molar-refractivity contribution in [2.24, 2.45) is 11.8 Å². The van der Waals surface area contributed by atoms with Crippen LogP contribution in [0.15, 0.2) is 41.9 Å². The minimum absolute atomic E-state index is 0.0858. The highest BCUT2D eigenvalue weighted by molar-refractivity contribution is 8.44. The van der Waals surface area contributed by atoms with Crippen LogP contribution in [0, 0.1) is 11.8 Å². The molecule has 78 heavy (non-hydrogen) atoms. The van der Waals surface area contributed by atoms with Crippen LogP contribution in [-0.4, -0.2) is 167 Å². The minimum Gasteiger partial charge on any atom is -0.474 e. The summed E-state index contributed by atoms with van der Waals surface area (Å²) in [6, 6.07) is -1.64. The maximum Gasteiger partial charge on any atom is 0.386 e. The summed E-state index contributed by atoms with van der Waals surface area (Å²) < 4.78 is 63.8. The number of H-pyrrole nitrogens is 1. The number of carbonyl (C=O) groups is 7. The number of nitrogens with one attached hydrogen (secondary N) is 5. The molecule has 29 nitrogen and oxygen atoms in total. The van der Waals surface area contributed by atoms with E-state index in [0.717, 1.165) is 11.2 Å². The van der Waals surface area contributed by atoms with Gasteiger partial charge in [-0.2, -0.15) is 4.98 Å². The molecule has 12 atom stereocenters. The average molecular weight is 1170 g/mol. The Morgan fingerprint density at radius 1 is 0.936 bits per heavy atom. The first kappa shape index (κ1) is 58.5. The number of imidazole rings is 1. The van der Waals surface area contributed by atoms with Gasteiger partial charge in [0.25, 0.3) is 17.4 Å². The molecule has 6 N–H and O–H groups in total. The Bertz CT molecular complexity index is 2940. The number of aromatic nitrogens is 6. The quantitative estimate of drug-likeness (QED) is 0.0382. The molecule has 7 amide bonds. The van der Waals surface area contributed by atoms with Gasteiger partial charge in [0.1, 0.15) is 48.9 Å². The van der Waals surface area contributed by atoms with Crippen LogP contribution < -0.4 is 31.6 Å². The predicted molar refractivity (Wildman–Crippen MR) is 277 cm³/mol. The largest absolute Gasteiger partial charge is 0.474 e. The Morgan fingerprint density at radius 3 is 2.41 bits per heavy atom. The summed E-state index contributed by atoms with van der Waals surface area (Å²) in [6.07, 6.45) is 1.66. The molecular weight excluding hydrogens is 1110 g/mol. The van der Waals surface area contributed by atoms with E-state index in [-0.39, 0.29) is 86.1 Å². The van der Waals surface area contributed by atoms with Crippen LogP contribution in [0.3, 0.4) is 0 Å². The lowest BCUT2D eigenvalue weighted by Crippen LogP contribution is -2.55. The van der Waals surface area contributed by atoms with Gasteiger partial charge in [-0.3, -0.25) is 71.7 Å². The van der Waals surface area contributed by atoms with Crippen LogP contribution in [0.5, 0.6) is 5.88 Å². The first-order valence-corrected chi connectivity index (χ1v) is 30.5. The number of aliphatic hydroxyl groups excluding tert-OH is 1. The molecule has 3 saturated heterocycles. The number of anilines is 1. The van der Waals surface area contributed by atoms with Crippen LogP contribution in [0.1, 0.15) is 78.4 Å². The maximum atomic E-state index is 13.9. The van der Waals surface area contributed by atoms with E-state index >= 15 is 0 Å². The third kappa shape index (κ3) is 14.4. The number of thiol groups is 2. The molecule has 424 valence electrons. The summed E-state index contributed by atoms with van der Waals surface area (Å²) in [6.45, 7) is -4.77. The van der Waals surface area contributed by atoms with Crippen LogP contribution in [-0.2, 0) is 65.5 Å². The summed E-state index contributed by atoms with van der Waals surface area (Å²) in [5.74, 6) is -4.91. The third-order valence-electron chi connectivity index (χ3n) is 13.6. The lowest BCUT2D eigenvalue weighted by Gasteiger charge is -2.26. The number of hydrogen-bond acceptors (Lipinski definition) is 21. The van der Waals surface area contributed by atoms with Crippen molar-refractivity contribution in [1.29, 1.82) is 0 Å². The van der Waals surface area contributed by atoms with Gasteiger partial charge in [-0.25, -0.2) is 24.1 Å². The molecule has 0 aromatic carbocycles. The summed E-state index contributed by atoms with van der Waals surface area (Å²) in [4.78, 5) is 125. The van der Waals surface area contributed by atoms with Crippen LogP contribution in [0.2, 0.25) is 0 Å². The zero-order chi connectivity index (χ0) is 56.1. The third-order valence-corrected chi connectivity index (χ3v) is 16.8. The van der Waals surface area contributed by atoms with E-state index in [2.05, 4.69) is 70.7 Å². The molecule has 2 bridgehead atoms. The molecule has 0 spiro atoms. The number of imide groups is 1. The molecule has 5 aliphatic rings. The van der Waals surface area contributed by atoms with Crippen molar-refractivity contribution in [2.45, 2.75) is 127 Å². The average Bonchev–Trinajstić information content (AvgIpc) is 4.29. The second kappa shape index (κ2) is 25.2. The van der Waals surface area contributed by atoms with E-state index in [1.165, 1.54) is 41.1 Å². The normalized spacial score (nSPS) is 29.1. The molecule has 7 heterocycles. The predicted octanol–water partition coefficient (Wildman–Crippen LogP) is 1.10. The Balaban J connectivity index is 0.856. The van der Waals surface area contributed by atoms with Gasteiger partial charge in [0.05, 0.1) is 32.2 Å². The first-order valence-electron chi connectivity index (χ1n) is 25.1. The molecule has 1 saturated carbocycles. The fourth-order valence-corrected chi connectivity index (χ4v) is 12.6. The molecule has 3 aromatic heterocycles. The number of carbonyl (C=O) groups excluding carboxylic acids is 7. The van der Waals surface area contributed by atoms with Gasteiger partial charge in [-0.1, -0.05) is 44.8 Å². The van der Waals surface area contributed by atoms with Crippen LogP contribution >= 0.6 is 38.1 Å². The van der Waals surface area contributed by atoms with E-state index < -0.39 is 123 Å². The fraction of sp³-hybridized carbons (Fsp3) is 0.600. The Morgan fingerprint density at radius 2 is 1.68 bits per heavy atom. The number of nitrogens with zero attached hydrogens (tertiary/aromatic N) is 7.